The lowest BCUT2D eigenvalue weighted by Crippen LogP contribution is -2.30. The highest BCUT2D eigenvalue weighted by Gasteiger charge is 2.25. The van der Waals surface area contributed by atoms with Crippen molar-refractivity contribution in [1.82, 2.24) is 19.6 Å². The van der Waals surface area contributed by atoms with E-state index in [2.05, 4.69) is 34.3 Å². The number of carbonyl (C=O) groups excluding carboxylic acids is 1. The molecule has 1 aliphatic rings. The van der Waals surface area contributed by atoms with Crippen molar-refractivity contribution in [3.8, 4) is 0 Å². The van der Waals surface area contributed by atoms with Crippen molar-refractivity contribution < 1.29 is 9.21 Å². The third-order valence-electron chi connectivity index (χ3n) is 5.42. The molecule has 0 saturated carbocycles. The van der Waals surface area contributed by atoms with Crippen LogP contribution in [0.3, 0.4) is 0 Å². The van der Waals surface area contributed by atoms with Crippen molar-refractivity contribution in [2.75, 3.05) is 13.6 Å². The van der Waals surface area contributed by atoms with Crippen LogP contribution >= 0.6 is 0 Å². The number of amides is 1. The third-order valence-corrected chi connectivity index (χ3v) is 5.42. The molecule has 0 radical (unpaired) electrons. The van der Waals surface area contributed by atoms with Crippen LogP contribution in [0.4, 0.5) is 0 Å². The zero-order valence-electron chi connectivity index (χ0n) is 16.4. The first-order chi connectivity index (χ1) is 13.6. The van der Waals surface area contributed by atoms with Crippen LogP contribution in [-0.2, 0) is 19.6 Å². The van der Waals surface area contributed by atoms with E-state index >= 15 is 0 Å². The SMILES string of the molecule is C[C@@H](c1ccco1)N(C)C(=O)c1cc2n(n1)CCCN(Cc1ccccc1)C2. The average molecular weight is 378 g/mol. The molecule has 0 fully saturated rings. The Labute approximate surface area is 165 Å². The van der Waals surface area contributed by atoms with E-state index in [1.54, 1.807) is 18.2 Å². The fraction of sp³-hybridized carbons (Fsp3) is 0.364. The molecule has 2 aromatic heterocycles. The number of benzene rings is 1. The van der Waals surface area contributed by atoms with Crippen molar-refractivity contribution in [1.29, 1.82) is 0 Å². The minimum atomic E-state index is -0.140. The minimum absolute atomic E-state index is 0.0842. The molecule has 0 aliphatic carbocycles. The molecule has 0 N–H and O–H groups in total. The molecule has 6 nitrogen and oxygen atoms in total. The summed E-state index contributed by atoms with van der Waals surface area (Å²) in [5, 5.41) is 4.61. The van der Waals surface area contributed by atoms with Crippen LogP contribution in [0.1, 0.15) is 46.9 Å². The number of rotatable bonds is 5. The Morgan fingerprint density at radius 2 is 2.04 bits per heavy atom. The van der Waals surface area contributed by atoms with Gasteiger partial charge in [-0.15, -0.1) is 0 Å². The molecule has 6 heteroatoms. The smallest absolute Gasteiger partial charge is 0.274 e. The molecule has 1 aromatic carbocycles. The van der Waals surface area contributed by atoms with Crippen LogP contribution in [0.2, 0.25) is 0 Å². The Morgan fingerprint density at radius 3 is 2.79 bits per heavy atom. The summed E-state index contributed by atoms with van der Waals surface area (Å²) in [6, 6.07) is 16.0. The maximum Gasteiger partial charge on any atom is 0.274 e. The standard InChI is InChI=1S/C22H26N4O2/c1-17(21-10-6-13-28-21)24(2)22(27)20-14-19-16-25(11-7-12-26(19)23-20)15-18-8-4-3-5-9-18/h3-6,8-10,13-14,17H,7,11-12,15-16H2,1-2H3/t17-/m0/s1. The van der Waals surface area contributed by atoms with Gasteiger partial charge >= 0.3 is 0 Å². The van der Waals surface area contributed by atoms with E-state index in [0.717, 1.165) is 44.1 Å². The van der Waals surface area contributed by atoms with Crippen LogP contribution in [-0.4, -0.2) is 39.1 Å². The molecule has 0 unspecified atom stereocenters. The Bertz CT molecular complexity index is 917. The van der Waals surface area contributed by atoms with E-state index in [4.69, 9.17) is 4.42 Å². The molecule has 28 heavy (non-hydrogen) atoms. The van der Waals surface area contributed by atoms with Gasteiger partial charge in [0.1, 0.15) is 5.76 Å². The second kappa shape index (κ2) is 8.02. The third kappa shape index (κ3) is 3.87. The molecular weight excluding hydrogens is 352 g/mol. The molecule has 1 aliphatic heterocycles. The molecule has 1 atom stereocenters. The van der Waals surface area contributed by atoms with Gasteiger partial charge in [0.25, 0.3) is 5.91 Å². The van der Waals surface area contributed by atoms with Gasteiger partial charge in [-0.1, -0.05) is 30.3 Å². The van der Waals surface area contributed by atoms with Gasteiger partial charge in [0, 0.05) is 33.2 Å². The Hall–Kier alpha value is -2.86. The van der Waals surface area contributed by atoms with Gasteiger partial charge < -0.3 is 9.32 Å². The number of furan rings is 1. The van der Waals surface area contributed by atoms with Gasteiger partial charge in [-0.2, -0.15) is 5.10 Å². The van der Waals surface area contributed by atoms with Crippen molar-refractivity contribution in [3.05, 3.63) is 77.5 Å². The van der Waals surface area contributed by atoms with Crippen molar-refractivity contribution in [2.24, 2.45) is 0 Å². The van der Waals surface area contributed by atoms with Gasteiger partial charge in [-0.05, 0) is 37.1 Å². The van der Waals surface area contributed by atoms with Crippen LogP contribution in [0.5, 0.6) is 0 Å². The summed E-state index contributed by atoms with van der Waals surface area (Å²) in [5.41, 5.74) is 2.90. The molecule has 0 saturated heterocycles. The first-order valence-corrected chi connectivity index (χ1v) is 9.75. The second-order valence-corrected chi connectivity index (χ2v) is 7.40. The van der Waals surface area contributed by atoms with Crippen LogP contribution in [0.15, 0.2) is 59.2 Å². The first-order valence-electron chi connectivity index (χ1n) is 9.75. The molecule has 1 amide bonds. The molecule has 0 spiro atoms. The highest BCUT2D eigenvalue weighted by Crippen LogP contribution is 2.22. The van der Waals surface area contributed by atoms with E-state index < -0.39 is 0 Å². The van der Waals surface area contributed by atoms with Gasteiger partial charge in [-0.25, -0.2) is 0 Å². The normalized spacial score (nSPS) is 15.6. The predicted molar refractivity (Wildman–Crippen MR) is 107 cm³/mol. The summed E-state index contributed by atoms with van der Waals surface area (Å²) >= 11 is 0. The number of fused-ring (bicyclic) bond motifs is 1. The lowest BCUT2D eigenvalue weighted by Gasteiger charge is -2.22. The quantitative estimate of drug-likeness (QED) is 0.679. The fourth-order valence-corrected chi connectivity index (χ4v) is 3.69. The molecule has 146 valence electrons. The Morgan fingerprint density at radius 1 is 1.21 bits per heavy atom. The van der Waals surface area contributed by atoms with Gasteiger partial charge in [0.15, 0.2) is 5.69 Å². The fourth-order valence-electron chi connectivity index (χ4n) is 3.69. The Kier molecular flexibility index (Phi) is 5.30. The predicted octanol–water partition coefficient (Wildman–Crippen LogP) is 3.72. The van der Waals surface area contributed by atoms with E-state index in [-0.39, 0.29) is 11.9 Å². The van der Waals surface area contributed by atoms with Gasteiger partial charge in [-0.3, -0.25) is 14.4 Å². The number of hydrogen-bond acceptors (Lipinski definition) is 4. The summed E-state index contributed by atoms with van der Waals surface area (Å²) in [6.45, 7) is 5.53. The molecular formula is C22H26N4O2. The first kappa shape index (κ1) is 18.5. The summed E-state index contributed by atoms with van der Waals surface area (Å²) in [5.74, 6) is 0.685. The number of carbonyl (C=O) groups is 1. The Balaban J connectivity index is 1.48. The number of hydrogen-bond donors (Lipinski definition) is 0. The largest absolute Gasteiger partial charge is 0.467 e. The van der Waals surface area contributed by atoms with Gasteiger partial charge in [0.2, 0.25) is 0 Å². The number of nitrogens with zero attached hydrogens (tertiary/aromatic N) is 4. The summed E-state index contributed by atoms with van der Waals surface area (Å²) < 4.78 is 7.43. The van der Waals surface area contributed by atoms with Crippen molar-refractivity contribution in [2.45, 2.75) is 39.0 Å². The molecule has 0 bridgehead atoms. The van der Waals surface area contributed by atoms with Crippen molar-refractivity contribution in [3.63, 3.8) is 0 Å². The molecule has 4 rings (SSSR count). The molecule has 3 aromatic rings. The monoisotopic (exact) mass is 378 g/mol. The van der Waals surface area contributed by atoms with E-state index in [9.17, 15) is 4.79 Å². The second-order valence-electron chi connectivity index (χ2n) is 7.40. The number of aromatic nitrogens is 2. The van der Waals surface area contributed by atoms with Crippen LogP contribution in [0.25, 0.3) is 0 Å². The van der Waals surface area contributed by atoms with E-state index in [1.807, 2.05) is 35.9 Å². The van der Waals surface area contributed by atoms with Crippen LogP contribution < -0.4 is 0 Å². The van der Waals surface area contributed by atoms with Crippen molar-refractivity contribution >= 4 is 5.91 Å². The van der Waals surface area contributed by atoms with Crippen LogP contribution in [0, 0.1) is 0 Å². The lowest BCUT2D eigenvalue weighted by molar-refractivity contribution is 0.0719. The lowest BCUT2D eigenvalue weighted by atomic mass is 10.2. The van der Waals surface area contributed by atoms with Gasteiger partial charge in [0.05, 0.1) is 18.0 Å². The maximum absolute atomic E-state index is 13.0. The highest BCUT2D eigenvalue weighted by molar-refractivity contribution is 5.92. The molecule has 3 heterocycles. The zero-order valence-corrected chi connectivity index (χ0v) is 16.4. The highest BCUT2D eigenvalue weighted by atomic mass is 16.3. The van der Waals surface area contributed by atoms with E-state index in [0.29, 0.717) is 5.69 Å². The topological polar surface area (TPSA) is 54.5 Å². The van der Waals surface area contributed by atoms with E-state index in [1.165, 1.54) is 5.56 Å². The summed E-state index contributed by atoms with van der Waals surface area (Å²) in [7, 11) is 1.79. The minimum Gasteiger partial charge on any atom is -0.467 e. The number of aryl methyl sites for hydroxylation is 1. The maximum atomic E-state index is 13.0. The zero-order chi connectivity index (χ0) is 19.5. The summed E-state index contributed by atoms with van der Waals surface area (Å²) in [6.07, 6.45) is 2.65. The summed E-state index contributed by atoms with van der Waals surface area (Å²) in [4.78, 5) is 17.1. The average Bonchev–Trinajstić information content (AvgIpc) is 3.34.